The average Bonchev–Trinajstić information content (AvgIpc) is 2.67. The Labute approximate surface area is 157 Å². The van der Waals surface area contributed by atoms with E-state index in [1.807, 2.05) is 31.2 Å². The number of carbonyl (C=O) groups is 1. The molecule has 3 aromatic rings. The lowest BCUT2D eigenvalue weighted by molar-refractivity contribution is -0.384. The van der Waals surface area contributed by atoms with Crippen LogP contribution in [0.15, 0.2) is 60.7 Å². The van der Waals surface area contributed by atoms with E-state index in [-0.39, 0.29) is 24.2 Å². The minimum absolute atomic E-state index is 0.0203. The van der Waals surface area contributed by atoms with E-state index in [0.29, 0.717) is 5.69 Å². The maximum absolute atomic E-state index is 12.3. The Hall–Kier alpha value is -3.25. The first-order valence-electron chi connectivity index (χ1n) is 8.71. The van der Waals surface area contributed by atoms with Gasteiger partial charge in [0.15, 0.2) is 0 Å². The SMILES string of the molecule is Cc1ccc([N+](=O)[O-])cc1NC(=O)CN[C@@H](C)c1cccc2ccccc12. The zero-order valence-electron chi connectivity index (χ0n) is 15.2. The Balaban J connectivity index is 1.67. The van der Waals surface area contributed by atoms with Crippen molar-refractivity contribution in [1.29, 1.82) is 0 Å². The van der Waals surface area contributed by atoms with Gasteiger partial charge in [-0.25, -0.2) is 0 Å². The van der Waals surface area contributed by atoms with Crippen LogP contribution in [-0.4, -0.2) is 17.4 Å². The zero-order chi connectivity index (χ0) is 19.4. The van der Waals surface area contributed by atoms with Crippen LogP contribution in [0.3, 0.4) is 0 Å². The van der Waals surface area contributed by atoms with Gasteiger partial charge in [-0.15, -0.1) is 0 Å². The van der Waals surface area contributed by atoms with Gasteiger partial charge in [-0.2, -0.15) is 0 Å². The Kier molecular flexibility index (Phi) is 5.47. The monoisotopic (exact) mass is 363 g/mol. The summed E-state index contributed by atoms with van der Waals surface area (Å²) in [5.41, 5.74) is 2.30. The number of non-ortho nitro benzene ring substituents is 1. The lowest BCUT2D eigenvalue weighted by Gasteiger charge is -2.17. The third-order valence-electron chi connectivity index (χ3n) is 4.56. The lowest BCUT2D eigenvalue weighted by atomic mass is 10.00. The van der Waals surface area contributed by atoms with E-state index in [4.69, 9.17) is 0 Å². The number of hydrogen-bond acceptors (Lipinski definition) is 4. The quantitative estimate of drug-likeness (QED) is 0.504. The predicted octanol–water partition coefficient (Wildman–Crippen LogP) is 4.35. The topological polar surface area (TPSA) is 84.3 Å². The standard InChI is InChI=1S/C21H21N3O3/c1-14-10-11-17(24(26)27)12-20(14)23-21(25)13-22-15(2)18-9-5-7-16-6-3-4-8-19(16)18/h3-12,15,22H,13H2,1-2H3,(H,23,25)/t15-/m0/s1. The molecule has 2 N–H and O–H groups in total. The van der Waals surface area contributed by atoms with E-state index in [2.05, 4.69) is 28.8 Å². The van der Waals surface area contributed by atoms with Crippen LogP contribution in [0.5, 0.6) is 0 Å². The number of rotatable bonds is 6. The molecule has 0 spiro atoms. The molecule has 0 aliphatic rings. The van der Waals surface area contributed by atoms with Gasteiger partial charge in [-0.1, -0.05) is 48.5 Å². The number of anilines is 1. The van der Waals surface area contributed by atoms with Gasteiger partial charge >= 0.3 is 0 Å². The van der Waals surface area contributed by atoms with Gasteiger partial charge in [0.05, 0.1) is 17.2 Å². The number of nitrogens with one attached hydrogen (secondary N) is 2. The summed E-state index contributed by atoms with van der Waals surface area (Å²) in [5, 5.41) is 19.2. The first-order valence-corrected chi connectivity index (χ1v) is 8.71. The molecule has 1 amide bonds. The predicted molar refractivity (Wildman–Crippen MR) is 107 cm³/mol. The first-order chi connectivity index (χ1) is 13.0. The third-order valence-corrected chi connectivity index (χ3v) is 4.56. The second-order valence-corrected chi connectivity index (χ2v) is 6.48. The molecule has 138 valence electrons. The largest absolute Gasteiger partial charge is 0.324 e. The summed E-state index contributed by atoms with van der Waals surface area (Å²) in [4.78, 5) is 22.7. The molecule has 27 heavy (non-hydrogen) atoms. The van der Waals surface area contributed by atoms with E-state index < -0.39 is 4.92 Å². The van der Waals surface area contributed by atoms with Crippen LogP contribution in [0.2, 0.25) is 0 Å². The number of nitro groups is 1. The van der Waals surface area contributed by atoms with Crippen molar-refractivity contribution in [3.8, 4) is 0 Å². The molecule has 0 aromatic heterocycles. The maximum atomic E-state index is 12.3. The fourth-order valence-corrected chi connectivity index (χ4v) is 3.04. The number of fused-ring (bicyclic) bond motifs is 1. The van der Waals surface area contributed by atoms with Gasteiger partial charge in [-0.3, -0.25) is 14.9 Å². The van der Waals surface area contributed by atoms with Gasteiger partial charge in [-0.05, 0) is 35.7 Å². The van der Waals surface area contributed by atoms with Crippen LogP contribution in [0.4, 0.5) is 11.4 Å². The summed E-state index contributed by atoms with van der Waals surface area (Å²) >= 11 is 0. The average molecular weight is 363 g/mol. The summed E-state index contributed by atoms with van der Waals surface area (Å²) in [7, 11) is 0. The molecule has 0 saturated heterocycles. The molecule has 6 heteroatoms. The smallest absolute Gasteiger partial charge is 0.271 e. The highest BCUT2D eigenvalue weighted by Gasteiger charge is 2.13. The van der Waals surface area contributed by atoms with Crippen LogP contribution in [0.1, 0.15) is 24.1 Å². The first kappa shape index (κ1) is 18.5. The lowest BCUT2D eigenvalue weighted by Crippen LogP contribution is -2.30. The van der Waals surface area contributed by atoms with Gasteiger partial charge in [0.25, 0.3) is 5.69 Å². The molecule has 0 unspecified atom stereocenters. The Morgan fingerprint density at radius 1 is 1.11 bits per heavy atom. The summed E-state index contributed by atoms with van der Waals surface area (Å²) in [5.74, 6) is -0.245. The van der Waals surface area contributed by atoms with Gasteiger partial charge < -0.3 is 10.6 Å². The van der Waals surface area contributed by atoms with Gasteiger partial charge in [0.2, 0.25) is 5.91 Å². The minimum atomic E-state index is -0.476. The van der Waals surface area contributed by atoms with Crippen LogP contribution in [-0.2, 0) is 4.79 Å². The van der Waals surface area contributed by atoms with Crippen molar-refractivity contribution >= 4 is 28.1 Å². The van der Waals surface area contributed by atoms with E-state index in [9.17, 15) is 14.9 Å². The molecule has 0 saturated carbocycles. The number of nitrogens with zero attached hydrogens (tertiary/aromatic N) is 1. The molecule has 0 bridgehead atoms. The molecular formula is C21H21N3O3. The van der Waals surface area contributed by atoms with Crippen molar-refractivity contribution in [2.75, 3.05) is 11.9 Å². The fraction of sp³-hybridized carbons (Fsp3) is 0.190. The van der Waals surface area contributed by atoms with Crippen LogP contribution >= 0.6 is 0 Å². The number of hydrogen-bond donors (Lipinski definition) is 2. The van der Waals surface area contributed by atoms with Gasteiger partial charge in [0.1, 0.15) is 0 Å². The summed E-state index contributed by atoms with van der Waals surface area (Å²) in [6.45, 7) is 3.91. The van der Waals surface area contributed by atoms with Crippen LogP contribution < -0.4 is 10.6 Å². The zero-order valence-corrected chi connectivity index (χ0v) is 15.2. The molecule has 3 rings (SSSR count). The van der Waals surface area contributed by atoms with E-state index in [1.54, 1.807) is 13.0 Å². The molecule has 1 atom stereocenters. The Morgan fingerprint density at radius 2 is 1.85 bits per heavy atom. The van der Waals surface area contributed by atoms with Crippen molar-refractivity contribution < 1.29 is 9.72 Å². The Bertz CT molecular complexity index is 996. The highest BCUT2D eigenvalue weighted by atomic mass is 16.6. The molecule has 6 nitrogen and oxygen atoms in total. The molecule has 0 radical (unpaired) electrons. The highest BCUT2D eigenvalue weighted by Crippen LogP contribution is 2.24. The van der Waals surface area contributed by atoms with E-state index in [0.717, 1.165) is 21.9 Å². The number of amides is 1. The van der Waals surface area contributed by atoms with Crippen LogP contribution in [0.25, 0.3) is 10.8 Å². The van der Waals surface area contributed by atoms with Gasteiger partial charge in [0, 0.05) is 18.2 Å². The van der Waals surface area contributed by atoms with E-state index in [1.165, 1.54) is 12.1 Å². The number of nitro benzene ring substituents is 1. The number of aryl methyl sites for hydroxylation is 1. The van der Waals surface area contributed by atoms with E-state index >= 15 is 0 Å². The van der Waals surface area contributed by atoms with Crippen LogP contribution in [0, 0.1) is 17.0 Å². The van der Waals surface area contributed by atoms with Crippen molar-refractivity contribution in [3.05, 3.63) is 81.9 Å². The minimum Gasteiger partial charge on any atom is -0.324 e. The van der Waals surface area contributed by atoms with Crippen molar-refractivity contribution in [2.45, 2.75) is 19.9 Å². The fourth-order valence-electron chi connectivity index (χ4n) is 3.04. The van der Waals surface area contributed by atoms with Crippen molar-refractivity contribution in [1.82, 2.24) is 5.32 Å². The molecule has 0 heterocycles. The molecule has 0 aliphatic carbocycles. The second kappa shape index (κ2) is 7.97. The second-order valence-electron chi connectivity index (χ2n) is 6.48. The maximum Gasteiger partial charge on any atom is 0.271 e. The summed E-state index contributed by atoms with van der Waals surface area (Å²) < 4.78 is 0. The Morgan fingerprint density at radius 3 is 2.63 bits per heavy atom. The highest BCUT2D eigenvalue weighted by molar-refractivity contribution is 5.93. The summed E-state index contributed by atoms with van der Waals surface area (Å²) in [6.07, 6.45) is 0. The number of carbonyl (C=O) groups excluding carboxylic acids is 1. The normalized spacial score (nSPS) is 11.9. The summed E-state index contributed by atoms with van der Waals surface area (Å²) in [6, 6.07) is 18.6. The number of benzene rings is 3. The third kappa shape index (κ3) is 4.30. The molecular weight excluding hydrogens is 342 g/mol. The van der Waals surface area contributed by atoms with Crippen molar-refractivity contribution in [3.63, 3.8) is 0 Å². The molecule has 0 fully saturated rings. The molecule has 0 aliphatic heterocycles. The van der Waals surface area contributed by atoms with Crippen molar-refractivity contribution in [2.24, 2.45) is 0 Å². The molecule has 3 aromatic carbocycles.